The molecule has 0 aliphatic carbocycles. The van der Waals surface area contributed by atoms with Gasteiger partial charge in [0.25, 0.3) is 0 Å². The van der Waals surface area contributed by atoms with Gasteiger partial charge in [0.2, 0.25) is 5.82 Å². The number of benzene rings is 1. The van der Waals surface area contributed by atoms with Crippen LogP contribution in [0.5, 0.6) is 0 Å². The zero-order valence-electron chi connectivity index (χ0n) is 13.1. The first-order chi connectivity index (χ1) is 11.5. The van der Waals surface area contributed by atoms with Crippen molar-refractivity contribution in [3.63, 3.8) is 0 Å². The summed E-state index contributed by atoms with van der Waals surface area (Å²) in [4.78, 5) is 22.3. The average Bonchev–Trinajstić information content (AvgIpc) is 3.00. The number of hydrogen-bond acceptors (Lipinski definition) is 5. The van der Waals surface area contributed by atoms with Gasteiger partial charge in [-0.05, 0) is 12.8 Å². The van der Waals surface area contributed by atoms with Gasteiger partial charge in [-0.15, -0.1) is 0 Å². The molecule has 1 fully saturated rings. The number of aromatic nitrogens is 2. The number of rotatable bonds is 4. The summed E-state index contributed by atoms with van der Waals surface area (Å²) in [6.07, 6.45) is 2.81. The van der Waals surface area contributed by atoms with Gasteiger partial charge in [0.1, 0.15) is 5.69 Å². The normalized spacial score (nSPS) is 15.4. The van der Waals surface area contributed by atoms with Crippen LogP contribution in [0.4, 0.5) is 10.1 Å². The van der Waals surface area contributed by atoms with Crippen LogP contribution in [-0.2, 0) is 4.74 Å². The molecule has 8 heteroatoms. The summed E-state index contributed by atoms with van der Waals surface area (Å²) in [7, 11) is 0. The molecule has 1 aliphatic heterocycles. The van der Waals surface area contributed by atoms with Gasteiger partial charge in [-0.1, -0.05) is 12.1 Å². The number of nitro benzene ring substituents is 1. The van der Waals surface area contributed by atoms with Crippen molar-refractivity contribution >= 4 is 11.5 Å². The molecule has 1 aromatic heterocycles. The van der Waals surface area contributed by atoms with E-state index in [4.69, 9.17) is 4.74 Å². The summed E-state index contributed by atoms with van der Waals surface area (Å²) in [5.74, 6) is -1.23. The van der Waals surface area contributed by atoms with Crippen molar-refractivity contribution in [3.05, 3.63) is 46.0 Å². The molecule has 0 saturated carbocycles. The molecule has 1 aliphatic rings. The highest BCUT2D eigenvalue weighted by atomic mass is 19.1. The number of carbonyl (C=O) groups is 1. The smallest absolute Gasteiger partial charge is 0.305 e. The molecule has 0 unspecified atom stereocenters. The Kier molecular flexibility index (Phi) is 4.39. The molecule has 0 radical (unpaired) electrons. The van der Waals surface area contributed by atoms with E-state index in [9.17, 15) is 19.3 Å². The van der Waals surface area contributed by atoms with Crippen LogP contribution in [0.15, 0.2) is 24.4 Å². The van der Waals surface area contributed by atoms with E-state index in [0.717, 1.165) is 6.07 Å². The van der Waals surface area contributed by atoms with Gasteiger partial charge in [0.05, 0.1) is 17.2 Å². The average molecular weight is 333 g/mol. The van der Waals surface area contributed by atoms with Gasteiger partial charge in [-0.3, -0.25) is 19.6 Å². The first kappa shape index (κ1) is 16.3. The first-order valence-corrected chi connectivity index (χ1v) is 7.60. The second-order valence-corrected chi connectivity index (χ2v) is 5.65. The minimum atomic E-state index is -0.962. The van der Waals surface area contributed by atoms with Crippen LogP contribution in [-0.4, -0.2) is 33.7 Å². The third-order valence-corrected chi connectivity index (χ3v) is 4.13. The Morgan fingerprint density at radius 1 is 1.38 bits per heavy atom. The van der Waals surface area contributed by atoms with Crippen molar-refractivity contribution in [2.45, 2.75) is 25.8 Å². The Labute approximate surface area is 137 Å². The maximum absolute atomic E-state index is 14.5. The van der Waals surface area contributed by atoms with Gasteiger partial charge in [-0.2, -0.15) is 9.49 Å². The monoisotopic (exact) mass is 333 g/mol. The summed E-state index contributed by atoms with van der Waals surface area (Å²) >= 11 is 0. The van der Waals surface area contributed by atoms with Crippen molar-refractivity contribution in [2.24, 2.45) is 0 Å². The molecule has 1 aromatic carbocycles. The quantitative estimate of drug-likeness (QED) is 0.487. The number of hydrogen-bond donors (Lipinski definition) is 0. The van der Waals surface area contributed by atoms with Gasteiger partial charge < -0.3 is 4.74 Å². The molecule has 0 spiro atoms. The summed E-state index contributed by atoms with van der Waals surface area (Å²) in [5.41, 5.74) is -0.0787. The first-order valence-electron chi connectivity index (χ1n) is 7.60. The SMILES string of the molecule is CC(=O)c1c(-c2cccc([N+](=O)[O-])c2F)cnn1C1CCOCC1. The van der Waals surface area contributed by atoms with Crippen molar-refractivity contribution < 1.29 is 18.8 Å². The van der Waals surface area contributed by atoms with Gasteiger partial charge >= 0.3 is 5.69 Å². The molecule has 0 bridgehead atoms. The molecule has 126 valence electrons. The van der Waals surface area contributed by atoms with E-state index in [1.807, 2.05) is 0 Å². The standard InChI is InChI=1S/C16H16FN3O4/c1-10(21)16-13(9-18-19(16)11-5-7-24-8-6-11)12-3-2-4-14(15(12)17)20(22)23/h2-4,9,11H,5-8H2,1H3. The zero-order chi connectivity index (χ0) is 17.3. The lowest BCUT2D eigenvalue weighted by atomic mass is 10.0. The van der Waals surface area contributed by atoms with E-state index in [1.54, 1.807) is 4.68 Å². The van der Waals surface area contributed by atoms with Crippen LogP contribution in [0.25, 0.3) is 11.1 Å². The third-order valence-electron chi connectivity index (χ3n) is 4.13. The number of nitro groups is 1. The molecular weight excluding hydrogens is 317 g/mol. The number of carbonyl (C=O) groups excluding carboxylic acids is 1. The van der Waals surface area contributed by atoms with Crippen LogP contribution < -0.4 is 0 Å². The fraction of sp³-hybridized carbons (Fsp3) is 0.375. The molecular formula is C16H16FN3O4. The summed E-state index contributed by atoms with van der Waals surface area (Å²) in [6, 6.07) is 3.90. The van der Waals surface area contributed by atoms with Gasteiger partial charge in [0, 0.05) is 37.3 Å². The molecule has 24 heavy (non-hydrogen) atoms. The largest absolute Gasteiger partial charge is 0.381 e. The van der Waals surface area contributed by atoms with Crippen LogP contribution >= 0.6 is 0 Å². The number of ether oxygens (including phenoxy) is 1. The Morgan fingerprint density at radius 2 is 2.08 bits per heavy atom. The van der Waals surface area contributed by atoms with Crippen molar-refractivity contribution in [1.29, 1.82) is 0 Å². The van der Waals surface area contributed by atoms with Crippen LogP contribution in [0.1, 0.15) is 36.3 Å². The maximum Gasteiger partial charge on any atom is 0.305 e. The lowest BCUT2D eigenvalue weighted by Crippen LogP contribution is -2.23. The van der Waals surface area contributed by atoms with E-state index in [-0.39, 0.29) is 28.6 Å². The van der Waals surface area contributed by atoms with Crippen LogP contribution in [0.3, 0.4) is 0 Å². The molecule has 2 heterocycles. The molecule has 0 N–H and O–H groups in total. The highest BCUT2D eigenvalue weighted by Crippen LogP contribution is 2.33. The molecule has 1 saturated heterocycles. The predicted octanol–water partition coefficient (Wildman–Crippen LogP) is 3.15. The molecule has 0 amide bonds. The molecule has 7 nitrogen and oxygen atoms in total. The summed E-state index contributed by atoms with van der Waals surface area (Å²) in [6.45, 7) is 2.52. The van der Waals surface area contributed by atoms with Crippen molar-refractivity contribution in [3.8, 4) is 11.1 Å². The topological polar surface area (TPSA) is 87.3 Å². The second kappa shape index (κ2) is 6.48. The number of Topliss-reactive ketones (excluding diaryl/α,β-unsaturated/α-hetero) is 1. The van der Waals surface area contributed by atoms with Crippen molar-refractivity contribution in [1.82, 2.24) is 9.78 Å². The number of nitrogens with zero attached hydrogens (tertiary/aromatic N) is 3. The zero-order valence-corrected chi connectivity index (χ0v) is 13.1. The lowest BCUT2D eigenvalue weighted by molar-refractivity contribution is -0.387. The summed E-state index contributed by atoms with van der Waals surface area (Å²) in [5, 5.41) is 15.2. The van der Waals surface area contributed by atoms with E-state index in [2.05, 4.69) is 5.10 Å². The molecule has 3 rings (SSSR count). The highest BCUT2D eigenvalue weighted by Gasteiger charge is 2.27. The second-order valence-electron chi connectivity index (χ2n) is 5.65. The predicted molar refractivity (Wildman–Crippen MR) is 83.4 cm³/mol. The summed E-state index contributed by atoms with van der Waals surface area (Å²) < 4.78 is 21.4. The number of halogens is 1. The molecule has 0 atom stereocenters. The minimum absolute atomic E-state index is 0.00633. The maximum atomic E-state index is 14.5. The molecule has 2 aromatic rings. The van der Waals surface area contributed by atoms with Crippen molar-refractivity contribution in [2.75, 3.05) is 13.2 Å². The Bertz CT molecular complexity index is 797. The van der Waals surface area contributed by atoms with E-state index >= 15 is 0 Å². The Hall–Kier alpha value is -2.61. The van der Waals surface area contributed by atoms with Gasteiger partial charge in [0.15, 0.2) is 5.78 Å². The van der Waals surface area contributed by atoms with E-state index in [1.165, 1.54) is 25.3 Å². The third kappa shape index (κ3) is 2.80. The number of ketones is 1. The van der Waals surface area contributed by atoms with Crippen LogP contribution in [0, 0.1) is 15.9 Å². The van der Waals surface area contributed by atoms with E-state index in [0.29, 0.717) is 26.1 Å². The van der Waals surface area contributed by atoms with Crippen LogP contribution in [0.2, 0.25) is 0 Å². The van der Waals surface area contributed by atoms with E-state index < -0.39 is 16.4 Å². The Balaban J connectivity index is 2.12. The minimum Gasteiger partial charge on any atom is -0.381 e. The fourth-order valence-electron chi connectivity index (χ4n) is 2.99. The fourth-order valence-corrected chi connectivity index (χ4v) is 2.99. The highest BCUT2D eigenvalue weighted by molar-refractivity contribution is 5.99. The Morgan fingerprint density at radius 3 is 2.71 bits per heavy atom. The lowest BCUT2D eigenvalue weighted by Gasteiger charge is -2.24. The van der Waals surface area contributed by atoms with Gasteiger partial charge in [-0.25, -0.2) is 0 Å².